The number of aromatic amines is 2. The molecule has 0 spiro atoms. The number of hydrogen-bond donors (Lipinski definition) is 4. The van der Waals surface area contributed by atoms with Gasteiger partial charge in [-0.15, -0.1) is 0 Å². The lowest BCUT2D eigenvalue weighted by Gasteiger charge is -1.89. The Hall–Kier alpha value is -3.54. The van der Waals surface area contributed by atoms with Crippen molar-refractivity contribution in [2.45, 2.75) is 13.8 Å². The van der Waals surface area contributed by atoms with Crippen LogP contribution in [-0.2, 0) is 0 Å². The second-order valence-electron chi connectivity index (χ2n) is 5.13. The van der Waals surface area contributed by atoms with Crippen LogP contribution < -0.4 is 0 Å². The van der Waals surface area contributed by atoms with Crippen LogP contribution in [0.15, 0.2) is 60.8 Å². The first kappa shape index (κ1) is 18.8. The average molecular weight is 352 g/mol. The summed E-state index contributed by atoms with van der Waals surface area (Å²) in [5.74, 6) is -1.82. The quantitative estimate of drug-likeness (QED) is 0.417. The van der Waals surface area contributed by atoms with Crippen molar-refractivity contribution in [3.8, 4) is 0 Å². The van der Waals surface area contributed by atoms with Gasteiger partial charge in [-0.2, -0.15) is 0 Å². The number of rotatable bonds is 2. The summed E-state index contributed by atoms with van der Waals surface area (Å²) >= 11 is 0. The highest BCUT2D eigenvalue weighted by Gasteiger charge is 2.08. The van der Waals surface area contributed by atoms with Crippen molar-refractivity contribution in [3.05, 3.63) is 72.1 Å². The van der Waals surface area contributed by atoms with E-state index in [9.17, 15) is 9.59 Å². The Morgan fingerprint density at radius 2 is 1.46 bits per heavy atom. The Morgan fingerprint density at radius 3 is 2.08 bits per heavy atom. The van der Waals surface area contributed by atoms with E-state index in [1.54, 1.807) is 12.1 Å². The summed E-state index contributed by atoms with van der Waals surface area (Å²) in [6, 6.07) is 16.4. The smallest absolute Gasteiger partial charge is 0.352 e. The lowest BCUT2D eigenvalue weighted by atomic mass is 10.2. The van der Waals surface area contributed by atoms with Gasteiger partial charge in [0, 0.05) is 28.0 Å². The van der Waals surface area contributed by atoms with E-state index in [0.29, 0.717) is 5.56 Å². The highest BCUT2D eigenvalue weighted by Crippen LogP contribution is 2.17. The number of carboxylic acid groups (broad SMARTS) is 2. The molecule has 0 bridgehead atoms. The molecule has 2 heterocycles. The third-order valence-corrected chi connectivity index (χ3v) is 3.58. The Bertz CT molecular complexity index is 989. The Balaban J connectivity index is 0.000000171. The second kappa shape index (κ2) is 8.53. The number of fused-ring (bicyclic) bond motifs is 2. The molecule has 0 aliphatic heterocycles. The molecule has 6 heteroatoms. The Labute approximate surface area is 150 Å². The van der Waals surface area contributed by atoms with E-state index in [2.05, 4.69) is 9.97 Å². The first-order chi connectivity index (χ1) is 12.6. The van der Waals surface area contributed by atoms with Crippen molar-refractivity contribution >= 4 is 33.7 Å². The molecule has 0 unspecified atom stereocenters. The van der Waals surface area contributed by atoms with Gasteiger partial charge in [-0.1, -0.05) is 50.2 Å². The van der Waals surface area contributed by atoms with E-state index in [0.717, 1.165) is 21.8 Å². The van der Waals surface area contributed by atoms with E-state index < -0.39 is 11.9 Å². The minimum absolute atomic E-state index is 0.233. The number of benzene rings is 2. The number of para-hydroxylation sites is 2. The van der Waals surface area contributed by atoms with Gasteiger partial charge in [-0.05, 0) is 18.2 Å². The number of carboxylic acids is 2. The van der Waals surface area contributed by atoms with Gasteiger partial charge in [0.25, 0.3) is 0 Å². The maximum absolute atomic E-state index is 10.7. The third kappa shape index (κ3) is 4.10. The fraction of sp³-hybridized carbons (Fsp3) is 0.100. The number of nitrogens with one attached hydrogen (secondary N) is 2. The van der Waals surface area contributed by atoms with E-state index in [1.165, 1.54) is 6.20 Å². The average Bonchev–Trinajstić information content (AvgIpc) is 3.28. The fourth-order valence-corrected chi connectivity index (χ4v) is 2.44. The summed E-state index contributed by atoms with van der Waals surface area (Å²) in [7, 11) is 0. The van der Waals surface area contributed by atoms with Crippen LogP contribution in [0.3, 0.4) is 0 Å². The minimum Gasteiger partial charge on any atom is -0.478 e. The predicted molar refractivity (Wildman–Crippen MR) is 102 cm³/mol. The predicted octanol–water partition coefficient (Wildman–Crippen LogP) is 4.76. The summed E-state index contributed by atoms with van der Waals surface area (Å²) in [5.41, 5.74) is 2.27. The zero-order chi connectivity index (χ0) is 19.1. The molecule has 0 radical (unpaired) electrons. The van der Waals surface area contributed by atoms with Crippen LogP contribution in [0.5, 0.6) is 0 Å². The van der Waals surface area contributed by atoms with Crippen LogP contribution in [0.1, 0.15) is 34.7 Å². The minimum atomic E-state index is -0.925. The van der Waals surface area contributed by atoms with Crippen molar-refractivity contribution in [3.63, 3.8) is 0 Å². The Morgan fingerprint density at radius 1 is 0.846 bits per heavy atom. The molecule has 0 saturated heterocycles. The lowest BCUT2D eigenvalue weighted by molar-refractivity contribution is 0.0684. The van der Waals surface area contributed by atoms with Crippen molar-refractivity contribution in [1.29, 1.82) is 0 Å². The highest BCUT2D eigenvalue weighted by molar-refractivity contribution is 6.03. The van der Waals surface area contributed by atoms with Crippen molar-refractivity contribution in [2.75, 3.05) is 0 Å². The summed E-state index contributed by atoms with van der Waals surface area (Å²) in [5, 5.41) is 19.1. The molecule has 4 rings (SSSR count). The molecule has 2 aromatic heterocycles. The fourth-order valence-electron chi connectivity index (χ4n) is 2.44. The lowest BCUT2D eigenvalue weighted by Crippen LogP contribution is -1.94. The van der Waals surface area contributed by atoms with Crippen molar-refractivity contribution in [2.24, 2.45) is 0 Å². The maximum atomic E-state index is 10.7. The first-order valence-corrected chi connectivity index (χ1v) is 8.16. The first-order valence-electron chi connectivity index (χ1n) is 8.16. The van der Waals surface area contributed by atoms with Gasteiger partial charge in [-0.25, -0.2) is 9.59 Å². The number of hydrogen-bond acceptors (Lipinski definition) is 2. The summed E-state index contributed by atoms with van der Waals surface area (Å²) in [4.78, 5) is 26.9. The zero-order valence-corrected chi connectivity index (χ0v) is 14.5. The molecule has 0 fully saturated rings. The molecule has 134 valence electrons. The summed E-state index contributed by atoms with van der Waals surface area (Å²) < 4.78 is 0. The molecule has 0 saturated carbocycles. The van der Waals surface area contributed by atoms with Crippen molar-refractivity contribution in [1.82, 2.24) is 9.97 Å². The Kier molecular flexibility index (Phi) is 6.16. The van der Waals surface area contributed by atoms with Crippen molar-refractivity contribution < 1.29 is 19.8 Å². The normalized spacial score (nSPS) is 9.77. The molecule has 4 N–H and O–H groups in total. The summed E-state index contributed by atoms with van der Waals surface area (Å²) in [6.45, 7) is 4.00. The van der Waals surface area contributed by atoms with Gasteiger partial charge in [0.2, 0.25) is 0 Å². The van der Waals surface area contributed by atoms with Crippen LogP contribution in [0, 0.1) is 0 Å². The van der Waals surface area contributed by atoms with Gasteiger partial charge in [0.1, 0.15) is 5.69 Å². The molecule has 4 aromatic rings. The number of carbonyl (C=O) groups is 2. The van der Waals surface area contributed by atoms with Gasteiger partial charge in [0.15, 0.2) is 0 Å². The van der Waals surface area contributed by atoms with Crippen LogP contribution in [0.2, 0.25) is 0 Å². The standard InChI is InChI=1S/2C9H7NO2.C2H6/c11-9(12)7-5-10-8-4-2-1-3-6(7)8;11-9(12)8-5-6-3-1-2-4-7(6)10-8;1-2/h2*1-5,10H,(H,11,12);1-2H3. The molecule has 6 nitrogen and oxygen atoms in total. The van der Waals surface area contributed by atoms with E-state index in [-0.39, 0.29) is 5.69 Å². The van der Waals surface area contributed by atoms with Crippen LogP contribution in [-0.4, -0.2) is 32.1 Å². The van der Waals surface area contributed by atoms with Crippen LogP contribution >= 0.6 is 0 Å². The number of aromatic nitrogens is 2. The molecule has 2 aromatic carbocycles. The van der Waals surface area contributed by atoms with Gasteiger partial charge in [-0.3, -0.25) is 0 Å². The van der Waals surface area contributed by atoms with E-state index in [4.69, 9.17) is 10.2 Å². The zero-order valence-electron chi connectivity index (χ0n) is 14.5. The molecule has 0 aliphatic carbocycles. The third-order valence-electron chi connectivity index (χ3n) is 3.58. The molecular weight excluding hydrogens is 332 g/mol. The SMILES string of the molecule is CC.O=C(O)c1c[nH]c2ccccc12.O=C(O)c1cc2ccccc2[nH]1. The number of H-pyrrole nitrogens is 2. The van der Waals surface area contributed by atoms with Crippen LogP contribution in [0.4, 0.5) is 0 Å². The number of aromatic carboxylic acids is 2. The molecule has 0 aliphatic rings. The van der Waals surface area contributed by atoms with Crippen LogP contribution in [0.25, 0.3) is 21.8 Å². The van der Waals surface area contributed by atoms with Gasteiger partial charge >= 0.3 is 11.9 Å². The topological polar surface area (TPSA) is 106 Å². The molecular formula is C20H20N2O4. The van der Waals surface area contributed by atoms with E-state index in [1.807, 2.05) is 56.3 Å². The monoisotopic (exact) mass is 352 g/mol. The molecule has 0 amide bonds. The second-order valence-corrected chi connectivity index (χ2v) is 5.13. The molecule has 0 atom stereocenters. The highest BCUT2D eigenvalue weighted by atomic mass is 16.4. The maximum Gasteiger partial charge on any atom is 0.352 e. The van der Waals surface area contributed by atoms with Gasteiger partial charge in [0.05, 0.1) is 5.56 Å². The van der Waals surface area contributed by atoms with E-state index >= 15 is 0 Å². The summed E-state index contributed by atoms with van der Waals surface area (Å²) in [6.07, 6.45) is 1.51. The molecule has 26 heavy (non-hydrogen) atoms. The largest absolute Gasteiger partial charge is 0.478 e. The van der Waals surface area contributed by atoms with Gasteiger partial charge < -0.3 is 20.2 Å².